The zero-order chi connectivity index (χ0) is 15.4. The Hall–Kier alpha value is -2.36. The number of phenolic OH excluding ortho intramolecular Hbond substituents is 1. The SMILES string of the molecule is CCCC(C)C(=O)C(=O)Nc1cc(O)c2ccccc2c1. The highest BCUT2D eigenvalue weighted by atomic mass is 16.3. The second-order valence-electron chi connectivity index (χ2n) is 5.22. The van der Waals surface area contributed by atoms with Crippen LogP contribution in [0.5, 0.6) is 5.75 Å². The lowest BCUT2D eigenvalue weighted by atomic mass is 10.0. The summed E-state index contributed by atoms with van der Waals surface area (Å²) in [4.78, 5) is 23.8. The van der Waals surface area contributed by atoms with Gasteiger partial charge in [-0.05, 0) is 17.9 Å². The summed E-state index contributed by atoms with van der Waals surface area (Å²) in [5.41, 5.74) is 0.424. The fraction of sp³-hybridized carbons (Fsp3) is 0.294. The van der Waals surface area contributed by atoms with Gasteiger partial charge in [0, 0.05) is 23.1 Å². The van der Waals surface area contributed by atoms with E-state index in [0.29, 0.717) is 17.5 Å². The fourth-order valence-electron chi connectivity index (χ4n) is 2.34. The minimum atomic E-state index is -0.634. The van der Waals surface area contributed by atoms with Crippen LogP contribution in [0.2, 0.25) is 0 Å². The van der Waals surface area contributed by atoms with Gasteiger partial charge in [0.2, 0.25) is 5.78 Å². The molecule has 2 aromatic rings. The van der Waals surface area contributed by atoms with Crippen LogP contribution in [-0.2, 0) is 9.59 Å². The quantitative estimate of drug-likeness (QED) is 0.826. The van der Waals surface area contributed by atoms with Crippen molar-refractivity contribution in [2.24, 2.45) is 5.92 Å². The molecule has 1 unspecified atom stereocenters. The van der Waals surface area contributed by atoms with Gasteiger partial charge in [0.1, 0.15) is 5.75 Å². The molecule has 4 heteroatoms. The maximum Gasteiger partial charge on any atom is 0.292 e. The molecule has 0 aliphatic rings. The van der Waals surface area contributed by atoms with Crippen molar-refractivity contribution in [1.29, 1.82) is 0 Å². The van der Waals surface area contributed by atoms with Gasteiger partial charge in [-0.15, -0.1) is 0 Å². The molecular weight excluding hydrogens is 266 g/mol. The molecule has 0 aliphatic heterocycles. The van der Waals surface area contributed by atoms with Gasteiger partial charge < -0.3 is 10.4 Å². The van der Waals surface area contributed by atoms with E-state index in [1.54, 1.807) is 19.1 Å². The van der Waals surface area contributed by atoms with Crippen LogP contribution in [-0.4, -0.2) is 16.8 Å². The van der Waals surface area contributed by atoms with E-state index < -0.39 is 11.7 Å². The number of anilines is 1. The molecule has 21 heavy (non-hydrogen) atoms. The Kier molecular flexibility index (Phi) is 4.58. The second-order valence-corrected chi connectivity index (χ2v) is 5.22. The molecule has 1 amide bonds. The summed E-state index contributed by atoms with van der Waals surface area (Å²) >= 11 is 0. The van der Waals surface area contributed by atoms with Gasteiger partial charge in [0.25, 0.3) is 5.91 Å². The average Bonchev–Trinajstić information content (AvgIpc) is 2.46. The molecule has 0 bridgehead atoms. The van der Waals surface area contributed by atoms with Crippen LogP contribution >= 0.6 is 0 Å². The third kappa shape index (κ3) is 3.40. The van der Waals surface area contributed by atoms with Crippen LogP contribution in [0.15, 0.2) is 36.4 Å². The van der Waals surface area contributed by atoms with Crippen LogP contribution in [0.3, 0.4) is 0 Å². The Morgan fingerprint density at radius 3 is 2.67 bits per heavy atom. The molecule has 0 heterocycles. The number of aromatic hydroxyl groups is 1. The van der Waals surface area contributed by atoms with Crippen LogP contribution in [0.25, 0.3) is 10.8 Å². The van der Waals surface area contributed by atoms with Crippen molar-refractivity contribution < 1.29 is 14.7 Å². The number of hydrogen-bond acceptors (Lipinski definition) is 3. The van der Waals surface area contributed by atoms with E-state index in [0.717, 1.165) is 11.8 Å². The molecule has 2 rings (SSSR count). The Morgan fingerprint density at radius 1 is 1.24 bits per heavy atom. The molecule has 0 aromatic heterocycles. The van der Waals surface area contributed by atoms with Gasteiger partial charge >= 0.3 is 0 Å². The zero-order valence-electron chi connectivity index (χ0n) is 12.2. The van der Waals surface area contributed by atoms with Gasteiger partial charge in [-0.3, -0.25) is 9.59 Å². The lowest BCUT2D eigenvalue weighted by Crippen LogP contribution is -2.28. The summed E-state index contributed by atoms with van der Waals surface area (Å²) in [6, 6.07) is 10.5. The highest BCUT2D eigenvalue weighted by Crippen LogP contribution is 2.28. The monoisotopic (exact) mass is 285 g/mol. The van der Waals surface area contributed by atoms with Crippen molar-refractivity contribution in [2.75, 3.05) is 5.32 Å². The number of amides is 1. The minimum absolute atomic E-state index is 0.0810. The maximum atomic E-state index is 11.9. The van der Waals surface area contributed by atoms with Crippen molar-refractivity contribution >= 4 is 28.2 Å². The molecule has 2 N–H and O–H groups in total. The molecular formula is C17H19NO3. The summed E-state index contributed by atoms with van der Waals surface area (Å²) in [6.07, 6.45) is 1.55. The summed E-state index contributed by atoms with van der Waals surface area (Å²) in [6.45, 7) is 3.73. The normalized spacial score (nSPS) is 12.1. The molecule has 110 valence electrons. The number of rotatable bonds is 5. The van der Waals surface area contributed by atoms with Gasteiger partial charge in [-0.2, -0.15) is 0 Å². The Balaban J connectivity index is 2.20. The Labute approximate surface area is 123 Å². The number of carbonyl (C=O) groups is 2. The Morgan fingerprint density at radius 2 is 1.95 bits per heavy atom. The third-order valence-electron chi connectivity index (χ3n) is 3.49. The van der Waals surface area contributed by atoms with Crippen LogP contribution in [0, 0.1) is 5.92 Å². The van der Waals surface area contributed by atoms with Gasteiger partial charge in [-0.1, -0.05) is 44.5 Å². The average molecular weight is 285 g/mol. The predicted octanol–water partition coefficient (Wildman–Crippen LogP) is 3.49. The topological polar surface area (TPSA) is 66.4 Å². The number of ketones is 1. The number of nitrogens with one attached hydrogen (secondary N) is 1. The zero-order valence-corrected chi connectivity index (χ0v) is 12.2. The Bertz CT molecular complexity index is 679. The first kappa shape index (κ1) is 15.0. The molecule has 1 atom stereocenters. The second kappa shape index (κ2) is 6.39. The van der Waals surface area contributed by atoms with E-state index in [1.165, 1.54) is 6.07 Å². The van der Waals surface area contributed by atoms with Crippen molar-refractivity contribution in [3.05, 3.63) is 36.4 Å². The number of benzene rings is 2. The van der Waals surface area contributed by atoms with Crippen molar-refractivity contribution in [1.82, 2.24) is 0 Å². The van der Waals surface area contributed by atoms with Crippen molar-refractivity contribution in [2.45, 2.75) is 26.7 Å². The summed E-state index contributed by atoms with van der Waals surface area (Å²) < 4.78 is 0. The standard InChI is InChI=1S/C17H19NO3/c1-3-6-11(2)16(20)17(21)18-13-9-12-7-4-5-8-14(12)15(19)10-13/h4-5,7-11,19H,3,6H2,1-2H3,(H,18,21). The molecule has 0 spiro atoms. The van der Waals surface area contributed by atoms with Crippen LogP contribution in [0.4, 0.5) is 5.69 Å². The van der Waals surface area contributed by atoms with E-state index >= 15 is 0 Å². The summed E-state index contributed by atoms with van der Waals surface area (Å²) in [5, 5.41) is 14.0. The van der Waals surface area contributed by atoms with E-state index in [1.807, 2.05) is 25.1 Å². The lowest BCUT2D eigenvalue weighted by molar-refractivity contribution is -0.137. The number of carbonyl (C=O) groups excluding carboxylic acids is 2. The lowest BCUT2D eigenvalue weighted by Gasteiger charge is -2.10. The summed E-state index contributed by atoms with van der Waals surface area (Å²) in [7, 11) is 0. The van der Waals surface area contributed by atoms with Gasteiger partial charge in [0.05, 0.1) is 0 Å². The molecule has 4 nitrogen and oxygen atoms in total. The van der Waals surface area contributed by atoms with Crippen LogP contribution < -0.4 is 5.32 Å². The molecule has 0 radical (unpaired) electrons. The molecule has 0 fully saturated rings. The van der Waals surface area contributed by atoms with E-state index in [2.05, 4.69) is 5.32 Å². The first-order chi connectivity index (χ1) is 10.0. The number of hydrogen-bond donors (Lipinski definition) is 2. The number of fused-ring (bicyclic) bond motifs is 1. The van der Waals surface area contributed by atoms with Crippen LogP contribution in [0.1, 0.15) is 26.7 Å². The highest BCUT2D eigenvalue weighted by molar-refractivity contribution is 6.41. The fourth-order valence-corrected chi connectivity index (χ4v) is 2.34. The van der Waals surface area contributed by atoms with Crippen molar-refractivity contribution in [3.8, 4) is 5.75 Å². The third-order valence-corrected chi connectivity index (χ3v) is 3.49. The molecule has 0 saturated carbocycles. The number of phenols is 1. The highest BCUT2D eigenvalue weighted by Gasteiger charge is 2.20. The number of Topliss-reactive ketones (excluding diaryl/α,β-unsaturated/α-hetero) is 1. The van der Waals surface area contributed by atoms with Gasteiger partial charge in [-0.25, -0.2) is 0 Å². The van der Waals surface area contributed by atoms with E-state index in [4.69, 9.17) is 0 Å². The first-order valence-electron chi connectivity index (χ1n) is 7.10. The summed E-state index contributed by atoms with van der Waals surface area (Å²) in [5.74, 6) is -1.27. The smallest absolute Gasteiger partial charge is 0.292 e. The first-order valence-corrected chi connectivity index (χ1v) is 7.10. The van der Waals surface area contributed by atoms with E-state index in [-0.39, 0.29) is 11.7 Å². The molecule has 0 aliphatic carbocycles. The predicted molar refractivity (Wildman–Crippen MR) is 83.3 cm³/mol. The van der Waals surface area contributed by atoms with Gasteiger partial charge in [0.15, 0.2) is 0 Å². The maximum absolute atomic E-state index is 11.9. The van der Waals surface area contributed by atoms with Crippen molar-refractivity contribution in [3.63, 3.8) is 0 Å². The molecule has 0 saturated heterocycles. The molecule has 2 aromatic carbocycles. The van der Waals surface area contributed by atoms with E-state index in [9.17, 15) is 14.7 Å². The largest absolute Gasteiger partial charge is 0.507 e. The minimum Gasteiger partial charge on any atom is -0.507 e.